The summed E-state index contributed by atoms with van der Waals surface area (Å²) in [6, 6.07) is 6.44. The van der Waals surface area contributed by atoms with E-state index in [4.69, 9.17) is 5.73 Å². The van der Waals surface area contributed by atoms with E-state index in [2.05, 4.69) is 0 Å². The predicted molar refractivity (Wildman–Crippen MR) is 75.4 cm³/mol. The first-order valence-corrected chi connectivity index (χ1v) is 7.27. The Hall–Kier alpha value is -0.930. The molecule has 0 aromatic heterocycles. The lowest BCUT2D eigenvalue weighted by atomic mass is 9.71. The van der Waals surface area contributed by atoms with Crippen LogP contribution in [0.4, 0.5) is 4.39 Å². The molecule has 0 heterocycles. The van der Waals surface area contributed by atoms with Crippen molar-refractivity contribution >= 4 is 0 Å². The van der Waals surface area contributed by atoms with Gasteiger partial charge in [-0.2, -0.15) is 0 Å². The summed E-state index contributed by atoms with van der Waals surface area (Å²) in [6.45, 7) is 0.442. The molecule has 1 atom stereocenters. The third-order valence-corrected chi connectivity index (χ3v) is 4.55. The summed E-state index contributed by atoms with van der Waals surface area (Å²) in [4.78, 5) is 0. The highest BCUT2D eigenvalue weighted by Crippen LogP contribution is 2.36. The minimum Gasteiger partial charge on any atom is -0.395 e. The molecule has 0 amide bonds. The van der Waals surface area contributed by atoms with E-state index >= 15 is 0 Å². The Morgan fingerprint density at radius 2 is 1.79 bits per heavy atom. The number of aliphatic hydroxyl groups is 1. The van der Waals surface area contributed by atoms with E-state index in [1.807, 2.05) is 0 Å². The molecule has 0 aliphatic heterocycles. The second kappa shape index (κ2) is 6.49. The van der Waals surface area contributed by atoms with Crippen LogP contribution in [-0.2, 0) is 5.41 Å². The van der Waals surface area contributed by atoms with Gasteiger partial charge < -0.3 is 10.8 Å². The van der Waals surface area contributed by atoms with Crippen LogP contribution in [0.5, 0.6) is 0 Å². The Labute approximate surface area is 114 Å². The van der Waals surface area contributed by atoms with Crippen molar-refractivity contribution in [1.82, 2.24) is 0 Å². The van der Waals surface area contributed by atoms with Crippen molar-refractivity contribution in [2.24, 2.45) is 11.7 Å². The number of rotatable bonds is 5. The number of benzene rings is 1. The first kappa shape index (κ1) is 14.5. The largest absolute Gasteiger partial charge is 0.395 e. The van der Waals surface area contributed by atoms with Gasteiger partial charge in [0.15, 0.2) is 0 Å². The van der Waals surface area contributed by atoms with Crippen LogP contribution in [0.15, 0.2) is 24.3 Å². The van der Waals surface area contributed by atoms with Crippen molar-refractivity contribution in [1.29, 1.82) is 0 Å². The highest BCUT2D eigenvalue weighted by atomic mass is 19.1. The van der Waals surface area contributed by atoms with Crippen LogP contribution in [0.3, 0.4) is 0 Å². The van der Waals surface area contributed by atoms with Gasteiger partial charge in [-0.3, -0.25) is 0 Å². The van der Waals surface area contributed by atoms with Gasteiger partial charge in [0, 0.05) is 12.0 Å². The molecule has 2 nitrogen and oxygen atoms in total. The maximum absolute atomic E-state index is 13.0. The smallest absolute Gasteiger partial charge is 0.123 e. The fourth-order valence-corrected chi connectivity index (χ4v) is 3.29. The molecule has 1 fully saturated rings. The molecule has 1 aliphatic rings. The van der Waals surface area contributed by atoms with Crippen molar-refractivity contribution in [3.63, 3.8) is 0 Å². The van der Waals surface area contributed by atoms with E-state index in [1.165, 1.54) is 44.2 Å². The van der Waals surface area contributed by atoms with E-state index < -0.39 is 5.41 Å². The maximum Gasteiger partial charge on any atom is 0.123 e. The van der Waals surface area contributed by atoms with Crippen LogP contribution in [0, 0.1) is 11.7 Å². The molecule has 0 spiro atoms. The van der Waals surface area contributed by atoms with Crippen molar-refractivity contribution < 1.29 is 9.50 Å². The van der Waals surface area contributed by atoms with Gasteiger partial charge in [-0.25, -0.2) is 4.39 Å². The molecule has 1 saturated carbocycles. The predicted octanol–water partition coefficient (Wildman–Crippen LogP) is 2.98. The Kier molecular flexibility index (Phi) is 4.94. The van der Waals surface area contributed by atoms with Crippen LogP contribution < -0.4 is 5.73 Å². The molecular weight excluding hydrogens is 241 g/mol. The minimum atomic E-state index is -0.407. The Morgan fingerprint density at radius 3 is 2.32 bits per heavy atom. The molecular formula is C16H24FNO. The highest BCUT2D eigenvalue weighted by Gasteiger charge is 2.33. The van der Waals surface area contributed by atoms with Crippen LogP contribution in [0.1, 0.15) is 44.1 Å². The van der Waals surface area contributed by atoms with Crippen LogP contribution in [0.2, 0.25) is 0 Å². The third-order valence-electron chi connectivity index (χ3n) is 4.55. The lowest BCUT2D eigenvalue weighted by molar-refractivity contribution is 0.156. The molecule has 0 radical (unpaired) electrons. The summed E-state index contributed by atoms with van der Waals surface area (Å²) in [5.74, 6) is 0.389. The average molecular weight is 265 g/mol. The standard InChI is InChI=1S/C16H24FNO/c17-15-8-6-14(7-9-15)16(11-18,12-19)10-13-4-2-1-3-5-13/h6-9,13,19H,1-5,10-12,18H2. The minimum absolute atomic E-state index is 0.0334. The SMILES string of the molecule is NCC(CO)(CC1CCCCC1)c1ccc(F)cc1. The van der Waals surface area contributed by atoms with Crippen molar-refractivity contribution in [2.75, 3.05) is 13.2 Å². The number of hydrogen-bond donors (Lipinski definition) is 2. The maximum atomic E-state index is 13.0. The summed E-state index contributed by atoms with van der Waals surface area (Å²) < 4.78 is 13.0. The van der Waals surface area contributed by atoms with Crippen molar-refractivity contribution in [2.45, 2.75) is 43.9 Å². The number of nitrogens with two attached hydrogens (primary N) is 1. The van der Waals surface area contributed by atoms with E-state index in [9.17, 15) is 9.50 Å². The molecule has 0 bridgehead atoms. The Bertz CT molecular complexity index is 380. The monoisotopic (exact) mass is 265 g/mol. The third kappa shape index (κ3) is 3.34. The van der Waals surface area contributed by atoms with Gasteiger partial charge in [-0.1, -0.05) is 44.2 Å². The zero-order valence-corrected chi connectivity index (χ0v) is 11.4. The summed E-state index contributed by atoms with van der Waals surface area (Å²) in [5.41, 5.74) is 6.51. The van der Waals surface area contributed by atoms with Crippen LogP contribution >= 0.6 is 0 Å². The molecule has 106 valence electrons. The summed E-state index contributed by atoms with van der Waals surface area (Å²) in [7, 11) is 0. The first-order valence-electron chi connectivity index (χ1n) is 7.27. The summed E-state index contributed by atoms with van der Waals surface area (Å²) in [6.07, 6.45) is 7.24. The topological polar surface area (TPSA) is 46.2 Å². The Balaban J connectivity index is 2.18. The average Bonchev–Trinajstić information content (AvgIpc) is 2.47. The van der Waals surface area contributed by atoms with Crippen molar-refractivity contribution in [3.05, 3.63) is 35.6 Å². The fourth-order valence-electron chi connectivity index (χ4n) is 3.29. The van der Waals surface area contributed by atoms with E-state index in [-0.39, 0.29) is 12.4 Å². The molecule has 0 saturated heterocycles. The molecule has 3 N–H and O–H groups in total. The lowest BCUT2D eigenvalue weighted by Gasteiger charge is -2.36. The van der Waals surface area contributed by atoms with Gasteiger partial charge in [-0.05, 0) is 30.0 Å². The van der Waals surface area contributed by atoms with Gasteiger partial charge in [0.1, 0.15) is 5.82 Å². The normalized spacial score (nSPS) is 20.2. The molecule has 1 aromatic carbocycles. The molecule has 2 rings (SSSR count). The lowest BCUT2D eigenvalue weighted by Crippen LogP contribution is -2.41. The Morgan fingerprint density at radius 1 is 1.16 bits per heavy atom. The second-order valence-electron chi connectivity index (χ2n) is 5.86. The van der Waals surface area contributed by atoms with E-state index in [1.54, 1.807) is 12.1 Å². The molecule has 1 aromatic rings. The second-order valence-corrected chi connectivity index (χ2v) is 5.86. The zero-order valence-electron chi connectivity index (χ0n) is 11.4. The molecule has 1 unspecified atom stereocenters. The quantitative estimate of drug-likeness (QED) is 0.859. The van der Waals surface area contributed by atoms with Gasteiger partial charge in [0.25, 0.3) is 0 Å². The number of halogens is 1. The van der Waals surface area contributed by atoms with Gasteiger partial charge >= 0.3 is 0 Å². The van der Waals surface area contributed by atoms with E-state index in [0.29, 0.717) is 12.5 Å². The van der Waals surface area contributed by atoms with Gasteiger partial charge in [-0.15, -0.1) is 0 Å². The van der Waals surface area contributed by atoms with Crippen LogP contribution in [-0.4, -0.2) is 18.3 Å². The van der Waals surface area contributed by atoms with Gasteiger partial charge in [0.05, 0.1) is 6.61 Å². The molecule has 3 heteroatoms. The molecule has 19 heavy (non-hydrogen) atoms. The zero-order chi connectivity index (χ0) is 13.7. The molecule has 1 aliphatic carbocycles. The van der Waals surface area contributed by atoms with Gasteiger partial charge in [0.2, 0.25) is 0 Å². The highest BCUT2D eigenvalue weighted by molar-refractivity contribution is 5.27. The summed E-state index contributed by atoms with van der Waals surface area (Å²) >= 11 is 0. The van der Waals surface area contributed by atoms with E-state index in [0.717, 1.165) is 12.0 Å². The first-order chi connectivity index (χ1) is 9.20. The van der Waals surface area contributed by atoms with Crippen molar-refractivity contribution in [3.8, 4) is 0 Å². The van der Waals surface area contributed by atoms with Crippen LogP contribution in [0.25, 0.3) is 0 Å². The summed E-state index contributed by atoms with van der Waals surface area (Å²) in [5, 5.41) is 9.86. The number of aliphatic hydroxyl groups excluding tert-OH is 1. The number of hydrogen-bond acceptors (Lipinski definition) is 2. The fraction of sp³-hybridized carbons (Fsp3) is 0.625.